The summed E-state index contributed by atoms with van der Waals surface area (Å²) in [6.07, 6.45) is 1.96. The lowest BCUT2D eigenvalue weighted by Crippen LogP contribution is -2.38. The van der Waals surface area contributed by atoms with Crippen molar-refractivity contribution >= 4 is 39.6 Å². The van der Waals surface area contributed by atoms with Crippen molar-refractivity contribution in [2.45, 2.75) is 39.7 Å². The number of oxazole rings is 1. The molecule has 1 heterocycles. The van der Waals surface area contributed by atoms with E-state index in [4.69, 9.17) is 9.40 Å². The highest BCUT2D eigenvalue weighted by molar-refractivity contribution is 14.1. The lowest BCUT2D eigenvalue weighted by atomic mass is 10.0. The summed E-state index contributed by atoms with van der Waals surface area (Å²) in [4.78, 5) is 20.1. The monoisotopic (exact) mass is 476 g/mol. The van der Waals surface area contributed by atoms with E-state index >= 15 is 0 Å². The molecule has 3 rings (SSSR count). The van der Waals surface area contributed by atoms with Gasteiger partial charge in [0, 0.05) is 10.1 Å². The molecule has 5 heteroatoms. The van der Waals surface area contributed by atoms with Crippen molar-refractivity contribution in [3.8, 4) is 0 Å². The van der Waals surface area contributed by atoms with Gasteiger partial charge in [-0.15, -0.1) is 0 Å². The summed E-state index contributed by atoms with van der Waals surface area (Å²) in [7, 11) is 0. The van der Waals surface area contributed by atoms with Crippen LogP contribution in [0.15, 0.2) is 52.9 Å². The van der Waals surface area contributed by atoms with Crippen LogP contribution >= 0.6 is 22.6 Å². The van der Waals surface area contributed by atoms with Crippen LogP contribution in [0.5, 0.6) is 0 Å². The van der Waals surface area contributed by atoms with Crippen molar-refractivity contribution in [2.75, 3.05) is 6.54 Å². The summed E-state index contributed by atoms with van der Waals surface area (Å²) in [5.41, 5.74) is 2.32. The fourth-order valence-corrected chi connectivity index (χ4v) is 3.90. The first-order valence-electron chi connectivity index (χ1n) is 9.44. The highest BCUT2D eigenvalue weighted by Gasteiger charge is 2.32. The van der Waals surface area contributed by atoms with Gasteiger partial charge in [0.05, 0.1) is 5.56 Å². The standard InChI is InChI=1S/C22H25IN2O2/c1-4-5-14-25(22(26)16-10-6-7-11-17(16)23)20(15(2)3)21-24-18-12-8-9-13-19(18)27-21/h6-13,15,20H,4-5,14H2,1-3H3. The van der Waals surface area contributed by atoms with Gasteiger partial charge in [0.25, 0.3) is 5.91 Å². The molecule has 142 valence electrons. The zero-order chi connectivity index (χ0) is 19.4. The number of amides is 1. The van der Waals surface area contributed by atoms with Crippen LogP contribution in [0.4, 0.5) is 0 Å². The second-order valence-electron chi connectivity index (χ2n) is 7.04. The van der Waals surface area contributed by atoms with Crippen LogP contribution in [0.25, 0.3) is 11.1 Å². The average Bonchev–Trinajstić information content (AvgIpc) is 3.08. The Hall–Kier alpha value is -1.89. The van der Waals surface area contributed by atoms with Crippen LogP contribution in [0.1, 0.15) is 55.9 Å². The number of para-hydroxylation sites is 2. The van der Waals surface area contributed by atoms with E-state index in [1.165, 1.54) is 0 Å². The van der Waals surface area contributed by atoms with Crippen LogP contribution in [0, 0.1) is 9.49 Å². The largest absolute Gasteiger partial charge is 0.438 e. The predicted octanol–water partition coefficient (Wildman–Crippen LogP) is 6.07. The lowest BCUT2D eigenvalue weighted by molar-refractivity contribution is 0.0579. The van der Waals surface area contributed by atoms with E-state index in [-0.39, 0.29) is 17.9 Å². The number of benzene rings is 2. The molecule has 1 aromatic heterocycles. The molecule has 0 N–H and O–H groups in total. The Morgan fingerprint density at radius 2 is 1.85 bits per heavy atom. The summed E-state index contributed by atoms with van der Waals surface area (Å²) >= 11 is 2.23. The number of nitrogens with zero attached hydrogens (tertiary/aromatic N) is 2. The number of hydrogen-bond acceptors (Lipinski definition) is 3. The number of aromatic nitrogens is 1. The predicted molar refractivity (Wildman–Crippen MR) is 117 cm³/mol. The van der Waals surface area contributed by atoms with Crippen LogP contribution in [-0.2, 0) is 0 Å². The van der Waals surface area contributed by atoms with Gasteiger partial charge in [-0.2, -0.15) is 0 Å². The van der Waals surface area contributed by atoms with Crippen molar-refractivity contribution in [2.24, 2.45) is 5.92 Å². The molecular formula is C22H25IN2O2. The van der Waals surface area contributed by atoms with Gasteiger partial charge >= 0.3 is 0 Å². The molecule has 1 atom stereocenters. The zero-order valence-electron chi connectivity index (χ0n) is 16.0. The molecule has 3 aromatic rings. The quantitative estimate of drug-likeness (QED) is 0.389. The minimum Gasteiger partial charge on any atom is -0.438 e. The van der Waals surface area contributed by atoms with Crippen molar-refractivity contribution in [3.05, 3.63) is 63.6 Å². The average molecular weight is 476 g/mol. The normalized spacial score (nSPS) is 12.5. The molecule has 0 aliphatic rings. The molecule has 0 saturated heterocycles. The van der Waals surface area contributed by atoms with Gasteiger partial charge in [-0.25, -0.2) is 4.98 Å². The van der Waals surface area contributed by atoms with Gasteiger partial charge in [-0.3, -0.25) is 4.79 Å². The number of halogens is 1. The van der Waals surface area contributed by atoms with E-state index in [1.807, 2.05) is 53.4 Å². The fraction of sp³-hybridized carbons (Fsp3) is 0.364. The topological polar surface area (TPSA) is 46.3 Å². The third-order valence-corrected chi connectivity index (χ3v) is 5.59. The molecular weight excluding hydrogens is 451 g/mol. The van der Waals surface area contributed by atoms with Crippen molar-refractivity contribution in [3.63, 3.8) is 0 Å². The lowest BCUT2D eigenvalue weighted by Gasteiger charge is -2.32. The second-order valence-corrected chi connectivity index (χ2v) is 8.20. The fourth-order valence-electron chi connectivity index (χ4n) is 3.28. The van der Waals surface area contributed by atoms with Gasteiger partial charge in [-0.05, 0) is 59.2 Å². The summed E-state index contributed by atoms with van der Waals surface area (Å²) in [5.74, 6) is 0.830. The Bertz CT molecular complexity index is 886. The van der Waals surface area contributed by atoms with E-state index in [2.05, 4.69) is 43.4 Å². The first-order chi connectivity index (χ1) is 13.0. The number of carbonyl (C=O) groups is 1. The van der Waals surface area contributed by atoms with Crippen LogP contribution in [-0.4, -0.2) is 22.3 Å². The molecule has 0 aliphatic heterocycles. The van der Waals surface area contributed by atoms with Gasteiger partial charge in [-0.1, -0.05) is 51.5 Å². The molecule has 0 saturated carbocycles. The van der Waals surface area contributed by atoms with Crippen molar-refractivity contribution in [1.82, 2.24) is 9.88 Å². The maximum absolute atomic E-state index is 13.5. The zero-order valence-corrected chi connectivity index (χ0v) is 18.1. The van der Waals surface area contributed by atoms with E-state index in [1.54, 1.807) is 0 Å². The molecule has 1 unspecified atom stereocenters. The molecule has 0 bridgehead atoms. The smallest absolute Gasteiger partial charge is 0.255 e. The Balaban J connectivity index is 2.04. The number of rotatable bonds is 7. The highest BCUT2D eigenvalue weighted by atomic mass is 127. The summed E-state index contributed by atoms with van der Waals surface area (Å²) in [5, 5.41) is 0. The Kier molecular flexibility index (Phi) is 6.52. The molecule has 0 aliphatic carbocycles. The summed E-state index contributed by atoms with van der Waals surface area (Å²) in [6, 6.07) is 15.3. The maximum atomic E-state index is 13.5. The first-order valence-corrected chi connectivity index (χ1v) is 10.5. The third-order valence-electron chi connectivity index (χ3n) is 4.65. The number of fused-ring (bicyclic) bond motifs is 1. The SMILES string of the molecule is CCCCN(C(=O)c1ccccc1I)C(c1nc2ccccc2o1)C(C)C. The van der Waals surface area contributed by atoms with Gasteiger partial charge in [0.2, 0.25) is 5.89 Å². The van der Waals surface area contributed by atoms with E-state index in [9.17, 15) is 4.79 Å². The molecule has 2 aromatic carbocycles. The number of hydrogen-bond donors (Lipinski definition) is 0. The number of carbonyl (C=O) groups excluding carboxylic acids is 1. The van der Waals surface area contributed by atoms with Gasteiger partial charge in [0.15, 0.2) is 5.58 Å². The molecule has 27 heavy (non-hydrogen) atoms. The minimum absolute atomic E-state index is 0.0365. The molecule has 1 amide bonds. The second kappa shape index (κ2) is 8.87. The van der Waals surface area contributed by atoms with Crippen LogP contribution < -0.4 is 0 Å². The van der Waals surface area contributed by atoms with Crippen LogP contribution in [0.2, 0.25) is 0 Å². The van der Waals surface area contributed by atoms with Crippen LogP contribution in [0.3, 0.4) is 0 Å². The molecule has 0 fully saturated rings. The van der Waals surface area contributed by atoms with E-state index in [0.717, 1.165) is 33.1 Å². The number of unbranched alkanes of at least 4 members (excludes halogenated alkanes) is 1. The van der Waals surface area contributed by atoms with Gasteiger partial charge < -0.3 is 9.32 Å². The first kappa shape index (κ1) is 19.9. The Morgan fingerprint density at radius 1 is 1.15 bits per heavy atom. The maximum Gasteiger partial charge on any atom is 0.255 e. The minimum atomic E-state index is -0.201. The molecule has 0 radical (unpaired) electrons. The molecule has 0 spiro atoms. The summed E-state index contributed by atoms with van der Waals surface area (Å²) in [6.45, 7) is 7.05. The van der Waals surface area contributed by atoms with Crippen molar-refractivity contribution in [1.29, 1.82) is 0 Å². The van der Waals surface area contributed by atoms with Crippen molar-refractivity contribution < 1.29 is 9.21 Å². The van der Waals surface area contributed by atoms with Gasteiger partial charge in [0.1, 0.15) is 11.6 Å². The Morgan fingerprint density at radius 3 is 2.52 bits per heavy atom. The third kappa shape index (κ3) is 4.34. The highest BCUT2D eigenvalue weighted by Crippen LogP contribution is 2.32. The molecule has 4 nitrogen and oxygen atoms in total. The summed E-state index contributed by atoms with van der Waals surface area (Å²) < 4.78 is 7.02. The van der Waals surface area contributed by atoms with E-state index < -0.39 is 0 Å². The van der Waals surface area contributed by atoms with E-state index in [0.29, 0.717) is 12.4 Å². The Labute approximate surface area is 174 Å².